The first-order valence-electron chi connectivity index (χ1n) is 5.72. The molecule has 1 amide bonds. The van der Waals surface area contributed by atoms with Crippen LogP contribution in [0, 0.1) is 5.92 Å². The average molecular weight is 216 g/mol. The molecule has 0 heterocycles. The van der Waals surface area contributed by atoms with E-state index >= 15 is 0 Å². The van der Waals surface area contributed by atoms with Gasteiger partial charge in [0.05, 0.1) is 6.04 Å². The Morgan fingerprint density at radius 3 is 2.53 bits per heavy atom. The zero-order valence-corrected chi connectivity index (χ0v) is 9.83. The van der Waals surface area contributed by atoms with Gasteiger partial charge in [0.25, 0.3) is 0 Å². The molecule has 0 aromatic rings. The van der Waals surface area contributed by atoms with Crippen molar-refractivity contribution in [1.82, 2.24) is 5.32 Å². The van der Waals surface area contributed by atoms with Gasteiger partial charge in [0.2, 0.25) is 5.91 Å². The van der Waals surface area contributed by atoms with Crippen LogP contribution in [0.25, 0.3) is 0 Å². The standard InChI is InChI=1S/C11H24N2O2/c1-9(2)8-10(12)11(15)13-6-4-3-5-7-14/h9-10,14H,3-8,12H2,1-2H3,(H,13,15). The highest BCUT2D eigenvalue weighted by Crippen LogP contribution is 2.02. The zero-order valence-electron chi connectivity index (χ0n) is 9.83. The minimum atomic E-state index is -0.386. The second kappa shape index (κ2) is 8.68. The fourth-order valence-corrected chi connectivity index (χ4v) is 1.37. The van der Waals surface area contributed by atoms with Crippen LogP contribution in [0.2, 0.25) is 0 Å². The van der Waals surface area contributed by atoms with E-state index in [0.29, 0.717) is 12.5 Å². The number of carbonyl (C=O) groups is 1. The topological polar surface area (TPSA) is 75.4 Å². The molecule has 4 heteroatoms. The molecule has 0 aromatic carbocycles. The summed E-state index contributed by atoms with van der Waals surface area (Å²) in [6, 6.07) is -0.386. The molecule has 0 saturated carbocycles. The minimum absolute atomic E-state index is 0.0623. The van der Waals surface area contributed by atoms with Crippen LogP contribution >= 0.6 is 0 Å². The molecule has 0 aliphatic heterocycles. The molecule has 0 aromatic heterocycles. The number of aliphatic hydroxyl groups excluding tert-OH is 1. The maximum atomic E-state index is 11.4. The monoisotopic (exact) mass is 216 g/mol. The second-order valence-electron chi connectivity index (χ2n) is 4.31. The number of hydrogen-bond donors (Lipinski definition) is 3. The Hall–Kier alpha value is -0.610. The van der Waals surface area contributed by atoms with Gasteiger partial charge in [-0.3, -0.25) is 4.79 Å². The van der Waals surface area contributed by atoms with Crippen molar-refractivity contribution in [2.24, 2.45) is 11.7 Å². The summed E-state index contributed by atoms with van der Waals surface area (Å²) in [4.78, 5) is 11.4. The highest BCUT2D eigenvalue weighted by Gasteiger charge is 2.13. The first-order chi connectivity index (χ1) is 7.07. The smallest absolute Gasteiger partial charge is 0.236 e. The van der Waals surface area contributed by atoms with E-state index in [0.717, 1.165) is 25.7 Å². The van der Waals surface area contributed by atoms with Gasteiger partial charge >= 0.3 is 0 Å². The highest BCUT2D eigenvalue weighted by molar-refractivity contribution is 5.81. The van der Waals surface area contributed by atoms with Gasteiger partial charge in [0.1, 0.15) is 0 Å². The summed E-state index contributed by atoms with van der Waals surface area (Å²) in [6.07, 6.45) is 3.37. The van der Waals surface area contributed by atoms with Crippen LogP contribution in [-0.4, -0.2) is 30.2 Å². The number of unbranched alkanes of at least 4 members (excludes halogenated alkanes) is 2. The SMILES string of the molecule is CC(C)CC(N)C(=O)NCCCCCO. The molecule has 0 radical (unpaired) electrons. The normalized spacial score (nSPS) is 12.9. The number of hydrogen-bond acceptors (Lipinski definition) is 3. The van der Waals surface area contributed by atoms with Gasteiger partial charge in [-0.25, -0.2) is 0 Å². The van der Waals surface area contributed by atoms with Crippen molar-refractivity contribution in [2.75, 3.05) is 13.2 Å². The Morgan fingerprint density at radius 1 is 1.33 bits per heavy atom. The summed E-state index contributed by atoms with van der Waals surface area (Å²) in [6.45, 7) is 4.98. The molecule has 0 aliphatic rings. The van der Waals surface area contributed by atoms with E-state index in [9.17, 15) is 4.79 Å². The van der Waals surface area contributed by atoms with Crippen LogP contribution in [0.4, 0.5) is 0 Å². The van der Waals surface area contributed by atoms with Crippen molar-refractivity contribution in [3.8, 4) is 0 Å². The van der Waals surface area contributed by atoms with Crippen molar-refractivity contribution < 1.29 is 9.90 Å². The molecule has 1 unspecified atom stereocenters. The van der Waals surface area contributed by atoms with Gasteiger partial charge in [-0.2, -0.15) is 0 Å². The van der Waals surface area contributed by atoms with Gasteiger partial charge < -0.3 is 16.2 Å². The summed E-state index contributed by atoms with van der Waals surface area (Å²) in [7, 11) is 0. The Balaban J connectivity index is 3.47. The fourth-order valence-electron chi connectivity index (χ4n) is 1.37. The molecular weight excluding hydrogens is 192 g/mol. The van der Waals surface area contributed by atoms with E-state index in [-0.39, 0.29) is 18.6 Å². The maximum Gasteiger partial charge on any atom is 0.236 e. The van der Waals surface area contributed by atoms with Crippen molar-refractivity contribution in [1.29, 1.82) is 0 Å². The average Bonchev–Trinajstić information content (AvgIpc) is 2.16. The molecule has 4 nitrogen and oxygen atoms in total. The number of nitrogens with one attached hydrogen (secondary N) is 1. The fraction of sp³-hybridized carbons (Fsp3) is 0.909. The molecule has 90 valence electrons. The lowest BCUT2D eigenvalue weighted by atomic mass is 10.0. The van der Waals surface area contributed by atoms with Crippen molar-refractivity contribution in [3.05, 3.63) is 0 Å². The van der Waals surface area contributed by atoms with Gasteiger partial charge in [-0.05, 0) is 31.6 Å². The molecule has 15 heavy (non-hydrogen) atoms. The molecule has 4 N–H and O–H groups in total. The highest BCUT2D eigenvalue weighted by atomic mass is 16.2. The van der Waals surface area contributed by atoms with Gasteiger partial charge in [0.15, 0.2) is 0 Å². The lowest BCUT2D eigenvalue weighted by Gasteiger charge is -2.13. The largest absolute Gasteiger partial charge is 0.396 e. The van der Waals surface area contributed by atoms with Crippen LogP contribution < -0.4 is 11.1 Å². The van der Waals surface area contributed by atoms with Gasteiger partial charge in [-0.1, -0.05) is 13.8 Å². The van der Waals surface area contributed by atoms with E-state index in [1.807, 2.05) is 13.8 Å². The van der Waals surface area contributed by atoms with E-state index in [1.165, 1.54) is 0 Å². The summed E-state index contributed by atoms with van der Waals surface area (Å²) in [5.74, 6) is 0.382. The van der Waals surface area contributed by atoms with Gasteiger partial charge in [-0.15, -0.1) is 0 Å². The van der Waals surface area contributed by atoms with E-state index in [4.69, 9.17) is 10.8 Å². The predicted molar refractivity (Wildman–Crippen MR) is 61.4 cm³/mol. The van der Waals surface area contributed by atoms with Crippen LogP contribution in [0.1, 0.15) is 39.5 Å². The maximum absolute atomic E-state index is 11.4. The Morgan fingerprint density at radius 2 is 2.00 bits per heavy atom. The first-order valence-corrected chi connectivity index (χ1v) is 5.72. The summed E-state index contributed by atoms with van der Waals surface area (Å²) in [5.41, 5.74) is 5.71. The third kappa shape index (κ3) is 8.39. The molecule has 0 rings (SSSR count). The minimum Gasteiger partial charge on any atom is -0.396 e. The van der Waals surface area contributed by atoms with Gasteiger partial charge in [0, 0.05) is 13.2 Å². The quantitative estimate of drug-likeness (QED) is 0.521. The predicted octanol–water partition coefficient (Wildman–Crippen LogP) is 0.639. The lowest BCUT2D eigenvalue weighted by molar-refractivity contribution is -0.122. The van der Waals surface area contributed by atoms with Crippen LogP contribution in [-0.2, 0) is 4.79 Å². The summed E-state index contributed by atoms with van der Waals surface area (Å²) < 4.78 is 0. The van der Waals surface area contributed by atoms with Crippen molar-refractivity contribution >= 4 is 5.91 Å². The Labute approximate surface area is 92.2 Å². The molecular formula is C11H24N2O2. The lowest BCUT2D eigenvalue weighted by Crippen LogP contribution is -2.41. The second-order valence-corrected chi connectivity index (χ2v) is 4.31. The van der Waals surface area contributed by atoms with Crippen molar-refractivity contribution in [2.45, 2.75) is 45.6 Å². The van der Waals surface area contributed by atoms with Crippen LogP contribution in [0.5, 0.6) is 0 Å². The summed E-state index contributed by atoms with van der Waals surface area (Å²) in [5, 5.41) is 11.4. The summed E-state index contributed by atoms with van der Waals surface area (Å²) >= 11 is 0. The molecule has 0 spiro atoms. The number of aliphatic hydroxyl groups is 1. The molecule has 0 bridgehead atoms. The molecule has 0 aliphatic carbocycles. The van der Waals surface area contributed by atoms with Crippen LogP contribution in [0.15, 0.2) is 0 Å². The third-order valence-corrected chi connectivity index (χ3v) is 2.20. The van der Waals surface area contributed by atoms with Crippen LogP contribution in [0.3, 0.4) is 0 Å². The Kier molecular flexibility index (Phi) is 8.33. The zero-order chi connectivity index (χ0) is 11.7. The van der Waals surface area contributed by atoms with E-state index in [1.54, 1.807) is 0 Å². The number of nitrogens with two attached hydrogens (primary N) is 1. The molecule has 0 saturated heterocycles. The third-order valence-electron chi connectivity index (χ3n) is 2.20. The van der Waals surface area contributed by atoms with Crippen molar-refractivity contribution in [3.63, 3.8) is 0 Å². The number of carbonyl (C=O) groups excluding carboxylic acids is 1. The first kappa shape index (κ1) is 14.4. The molecule has 0 fully saturated rings. The molecule has 1 atom stereocenters. The number of rotatable bonds is 8. The van der Waals surface area contributed by atoms with E-state index in [2.05, 4.69) is 5.32 Å². The number of amides is 1. The van der Waals surface area contributed by atoms with E-state index < -0.39 is 0 Å². The Bertz CT molecular complexity index is 172.